The summed E-state index contributed by atoms with van der Waals surface area (Å²) in [6, 6.07) is 7.17. The number of nitrogens with zero attached hydrogens (tertiary/aromatic N) is 3. The van der Waals surface area contributed by atoms with E-state index in [4.69, 9.17) is 10.1 Å². The number of halogens is 3. The molecule has 3 heterocycles. The Bertz CT molecular complexity index is 1170. The molecule has 0 spiro atoms. The van der Waals surface area contributed by atoms with Gasteiger partial charge in [-0.05, 0) is 51.1 Å². The summed E-state index contributed by atoms with van der Waals surface area (Å²) < 4.78 is 46.9. The second-order valence-corrected chi connectivity index (χ2v) is 10.1. The van der Waals surface area contributed by atoms with Gasteiger partial charge in [0, 0.05) is 49.9 Å². The van der Waals surface area contributed by atoms with E-state index in [1.807, 2.05) is 12.1 Å². The molecule has 0 saturated carbocycles. The van der Waals surface area contributed by atoms with Gasteiger partial charge in [0.15, 0.2) is 0 Å². The van der Waals surface area contributed by atoms with Crippen molar-refractivity contribution in [2.24, 2.45) is 11.8 Å². The molecule has 2 saturated heterocycles. The molecule has 2 aliphatic heterocycles. The van der Waals surface area contributed by atoms with Crippen LogP contribution in [0, 0.1) is 17.2 Å². The molecule has 0 bridgehead atoms. The van der Waals surface area contributed by atoms with Gasteiger partial charge in [-0.25, -0.2) is 9.78 Å². The number of benzene rings is 1. The van der Waals surface area contributed by atoms with Crippen molar-refractivity contribution >= 4 is 29.0 Å². The van der Waals surface area contributed by atoms with Crippen LogP contribution in [0.1, 0.15) is 26.3 Å². The molecule has 1 amide bonds. The number of alkyl halides is 3. The fourth-order valence-electron chi connectivity index (χ4n) is 4.15. The minimum Gasteiger partial charge on any atom is -0.444 e. The molecule has 11 heteroatoms. The molecule has 8 nitrogen and oxygen atoms in total. The predicted molar refractivity (Wildman–Crippen MR) is 135 cm³/mol. The number of anilines is 3. The zero-order valence-corrected chi connectivity index (χ0v) is 20.9. The van der Waals surface area contributed by atoms with E-state index in [1.165, 1.54) is 24.3 Å². The van der Waals surface area contributed by atoms with Crippen LogP contribution in [0.4, 0.5) is 35.2 Å². The van der Waals surface area contributed by atoms with Crippen molar-refractivity contribution < 1.29 is 27.4 Å². The third-order valence-electron chi connectivity index (χ3n) is 6.07. The van der Waals surface area contributed by atoms with Crippen LogP contribution >= 0.6 is 0 Å². The van der Waals surface area contributed by atoms with Crippen LogP contribution in [-0.4, -0.2) is 59.8 Å². The number of rotatable bonds is 7. The number of hydrogen-bond acceptors (Lipinski definition) is 7. The summed E-state index contributed by atoms with van der Waals surface area (Å²) in [6.45, 7) is 11.5. The molecule has 2 N–H and O–H groups in total. The third kappa shape index (κ3) is 6.33. The summed E-state index contributed by atoms with van der Waals surface area (Å²) in [5.41, 5.74) is 1.63. The number of aromatic nitrogens is 1. The van der Waals surface area contributed by atoms with E-state index >= 15 is 0 Å². The zero-order chi connectivity index (χ0) is 27.0. The van der Waals surface area contributed by atoms with Crippen LogP contribution in [0.25, 0.3) is 0 Å². The molecule has 1 aromatic carbocycles. The van der Waals surface area contributed by atoms with Crippen LogP contribution in [0.3, 0.4) is 0 Å². The molecule has 37 heavy (non-hydrogen) atoms. The van der Waals surface area contributed by atoms with E-state index in [2.05, 4.69) is 26.5 Å². The fourth-order valence-corrected chi connectivity index (χ4v) is 4.15. The standard InChI is InChI=1S/C26H30F3N5O3/c1-5-16-12-33(13-16)20-10-11-31-23(32-18-6-8-19(9-7-18)36-26(27,28)29)21(20)22(30)17-14-34(15-17)24(35)37-25(2,3)4/h5-11,16-17,30H,1,12-15H2,2-4H3,(H,31,32). The minimum absolute atomic E-state index is 0.213. The number of carbonyl (C=O) groups excluding carboxylic acids is 1. The van der Waals surface area contributed by atoms with E-state index in [-0.39, 0.29) is 11.7 Å². The van der Waals surface area contributed by atoms with Crippen LogP contribution in [0.5, 0.6) is 5.75 Å². The summed E-state index contributed by atoms with van der Waals surface area (Å²) in [5, 5.41) is 12.2. The highest BCUT2D eigenvalue weighted by atomic mass is 19.4. The number of pyridine rings is 1. The van der Waals surface area contributed by atoms with E-state index in [0.29, 0.717) is 41.8 Å². The lowest BCUT2D eigenvalue weighted by molar-refractivity contribution is -0.274. The lowest BCUT2D eigenvalue weighted by Gasteiger charge is -2.43. The lowest BCUT2D eigenvalue weighted by atomic mass is 9.88. The van der Waals surface area contributed by atoms with Gasteiger partial charge in [-0.15, -0.1) is 19.8 Å². The average Bonchev–Trinajstić information content (AvgIpc) is 2.71. The second-order valence-electron chi connectivity index (χ2n) is 10.1. The van der Waals surface area contributed by atoms with Crippen LogP contribution < -0.4 is 15.0 Å². The van der Waals surface area contributed by atoms with Crippen LogP contribution in [0.2, 0.25) is 0 Å². The Labute approximate surface area is 213 Å². The summed E-state index contributed by atoms with van der Waals surface area (Å²) >= 11 is 0. The van der Waals surface area contributed by atoms with Crippen molar-refractivity contribution in [2.75, 3.05) is 36.4 Å². The molecule has 0 atom stereocenters. The first-order chi connectivity index (χ1) is 17.3. The van der Waals surface area contributed by atoms with E-state index in [9.17, 15) is 18.0 Å². The third-order valence-corrected chi connectivity index (χ3v) is 6.07. The van der Waals surface area contributed by atoms with E-state index in [1.54, 1.807) is 31.9 Å². The van der Waals surface area contributed by atoms with Gasteiger partial charge in [-0.3, -0.25) is 0 Å². The van der Waals surface area contributed by atoms with E-state index in [0.717, 1.165) is 18.8 Å². The Balaban J connectivity index is 1.55. The molecular weight excluding hydrogens is 487 g/mol. The molecule has 1 aromatic heterocycles. The largest absolute Gasteiger partial charge is 0.573 e. The predicted octanol–water partition coefficient (Wildman–Crippen LogP) is 5.58. The van der Waals surface area contributed by atoms with Gasteiger partial charge < -0.3 is 30.0 Å². The number of carbonyl (C=O) groups is 1. The highest BCUT2D eigenvalue weighted by Crippen LogP contribution is 2.36. The molecule has 2 fully saturated rings. The molecule has 2 aromatic rings. The van der Waals surface area contributed by atoms with Crippen molar-refractivity contribution in [1.29, 1.82) is 5.41 Å². The number of nitrogens with one attached hydrogen (secondary N) is 2. The van der Waals surface area contributed by atoms with Gasteiger partial charge in [0.05, 0.1) is 17.0 Å². The van der Waals surface area contributed by atoms with Crippen LogP contribution in [0.15, 0.2) is 49.2 Å². The zero-order valence-electron chi connectivity index (χ0n) is 20.9. The smallest absolute Gasteiger partial charge is 0.444 e. The number of amides is 1. The minimum atomic E-state index is -4.77. The highest BCUT2D eigenvalue weighted by Gasteiger charge is 2.39. The van der Waals surface area contributed by atoms with Crippen molar-refractivity contribution in [3.63, 3.8) is 0 Å². The monoisotopic (exact) mass is 517 g/mol. The Morgan fingerprint density at radius 3 is 2.35 bits per heavy atom. The Morgan fingerprint density at radius 1 is 1.14 bits per heavy atom. The van der Waals surface area contributed by atoms with Gasteiger partial charge in [-0.1, -0.05) is 6.08 Å². The molecule has 0 aliphatic carbocycles. The van der Waals surface area contributed by atoms with Gasteiger partial charge in [0.1, 0.15) is 17.2 Å². The summed E-state index contributed by atoms with van der Waals surface area (Å²) in [4.78, 5) is 20.5. The molecule has 0 radical (unpaired) electrons. The van der Waals surface area contributed by atoms with Gasteiger partial charge in [0.2, 0.25) is 0 Å². The highest BCUT2D eigenvalue weighted by molar-refractivity contribution is 6.10. The first-order valence-corrected chi connectivity index (χ1v) is 11.9. The summed E-state index contributed by atoms with van der Waals surface area (Å²) in [5.74, 6) is 0.208. The van der Waals surface area contributed by atoms with Crippen molar-refractivity contribution in [3.05, 3.63) is 54.7 Å². The maximum atomic E-state index is 12.5. The second kappa shape index (κ2) is 9.95. The van der Waals surface area contributed by atoms with E-state index < -0.39 is 18.1 Å². The quantitative estimate of drug-likeness (QED) is 0.368. The number of likely N-dealkylation sites (tertiary alicyclic amines) is 1. The Kier molecular flexibility index (Phi) is 7.07. The maximum absolute atomic E-state index is 12.5. The van der Waals surface area contributed by atoms with Crippen molar-refractivity contribution in [1.82, 2.24) is 9.88 Å². The SMILES string of the molecule is C=CC1CN(c2ccnc(Nc3ccc(OC(F)(F)F)cc3)c2C(=N)C2CN(C(=O)OC(C)(C)C)C2)C1. The maximum Gasteiger partial charge on any atom is 0.573 e. The molecule has 198 valence electrons. The van der Waals surface area contributed by atoms with Gasteiger partial charge in [0.25, 0.3) is 0 Å². The molecule has 4 rings (SSSR count). The topological polar surface area (TPSA) is 90.8 Å². The van der Waals surface area contributed by atoms with Crippen molar-refractivity contribution in [2.45, 2.75) is 32.7 Å². The number of ether oxygens (including phenoxy) is 2. The van der Waals surface area contributed by atoms with Gasteiger partial charge in [-0.2, -0.15) is 0 Å². The molecule has 0 unspecified atom stereocenters. The Morgan fingerprint density at radius 2 is 1.78 bits per heavy atom. The summed E-state index contributed by atoms with van der Waals surface area (Å²) in [6.07, 6.45) is -1.66. The Hall–Kier alpha value is -3.76. The molecule has 2 aliphatic rings. The lowest BCUT2D eigenvalue weighted by Crippen LogP contribution is -2.54. The fraction of sp³-hybridized carbons (Fsp3) is 0.423. The number of hydrogen-bond donors (Lipinski definition) is 2. The summed E-state index contributed by atoms with van der Waals surface area (Å²) in [7, 11) is 0. The van der Waals surface area contributed by atoms with Gasteiger partial charge >= 0.3 is 12.5 Å². The average molecular weight is 518 g/mol. The first-order valence-electron chi connectivity index (χ1n) is 11.9. The van der Waals surface area contributed by atoms with Crippen molar-refractivity contribution in [3.8, 4) is 5.75 Å². The van der Waals surface area contributed by atoms with Crippen LogP contribution in [-0.2, 0) is 4.74 Å². The normalized spacial score (nSPS) is 16.5. The molecular formula is C26H30F3N5O3. The first kappa shape index (κ1) is 26.3.